The zero-order valence-electron chi connectivity index (χ0n) is 6.31. The maximum Gasteiger partial charge on any atom is 0.235 e. The molecule has 0 aromatic heterocycles. The Hall–Kier alpha value is -1.06. The molecule has 0 radical (unpaired) electrons. The molecule has 11 heavy (non-hydrogen) atoms. The van der Waals surface area contributed by atoms with E-state index in [2.05, 4.69) is 0 Å². The van der Waals surface area contributed by atoms with Gasteiger partial charge in [0.1, 0.15) is 0 Å². The molecule has 1 aromatic carbocycles. The normalized spacial score (nSPS) is 10.2. The van der Waals surface area contributed by atoms with Gasteiger partial charge in [-0.05, 0) is 12.1 Å². The minimum Gasteiger partial charge on any atom is -0.351 e. The Balaban J connectivity index is 2.77. The van der Waals surface area contributed by atoms with Gasteiger partial charge in [-0.25, -0.2) is 0 Å². The minimum atomic E-state index is -1.43. The van der Waals surface area contributed by atoms with Gasteiger partial charge in [-0.2, -0.15) is 0 Å². The second-order valence-electron chi connectivity index (χ2n) is 2.29. The Bertz CT molecular complexity index is 211. The lowest BCUT2D eigenvalue weighted by Gasteiger charge is -2.20. The molecule has 0 atom stereocenters. The lowest BCUT2D eigenvalue weighted by atomic mass is 10.3. The predicted molar refractivity (Wildman–Crippen MR) is 43.1 cm³/mol. The molecule has 0 aliphatic heterocycles. The molecule has 1 aromatic rings. The van der Waals surface area contributed by atoms with Gasteiger partial charge in [-0.3, -0.25) is 0 Å². The summed E-state index contributed by atoms with van der Waals surface area (Å²) in [6, 6.07) is 9.17. The fourth-order valence-corrected chi connectivity index (χ4v) is 0.796. The van der Waals surface area contributed by atoms with Crippen LogP contribution in [0.15, 0.2) is 30.3 Å². The summed E-state index contributed by atoms with van der Waals surface area (Å²) < 4.78 is 0. The molecule has 0 fully saturated rings. The Morgan fingerprint density at radius 1 is 1.18 bits per heavy atom. The molecule has 0 unspecified atom stereocenters. The highest BCUT2D eigenvalue weighted by molar-refractivity contribution is 5.44. The quantitative estimate of drug-likeness (QED) is 0.604. The zero-order chi connectivity index (χ0) is 8.27. The van der Waals surface area contributed by atoms with Crippen LogP contribution in [0.5, 0.6) is 0 Å². The van der Waals surface area contributed by atoms with E-state index in [-0.39, 0.29) is 0 Å². The lowest BCUT2D eigenvalue weighted by Crippen LogP contribution is -2.30. The molecule has 3 heteroatoms. The van der Waals surface area contributed by atoms with E-state index in [9.17, 15) is 0 Å². The van der Waals surface area contributed by atoms with Gasteiger partial charge in [0.05, 0.1) is 0 Å². The molecule has 0 aliphatic rings. The Morgan fingerprint density at radius 2 is 1.73 bits per heavy atom. The smallest absolute Gasteiger partial charge is 0.235 e. The summed E-state index contributed by atoms with van der Waals surface area (Å²) in [6.07, 6.45) is -1.43. The zero-order valence-corrected chi connectivity index (χ0v) is 6.31. The van der Waals surface area contributed by atoms with Crippen LogP contribution in [0.25, 0.3) is 0 Å². The average molecular weight is 153 g/mol. The molecule has 0 spiro atoms. The summed E-state index contributed by atoms with van der Waals surface area (Å²) >= 11 is 0. The van der Waals surface area contributed by atoms with Gasteiger partial charge < -0.3 is 15.1 Å². The summed E-state index contributed by atoms with van der Waals surface area (Å²) in [5.41, 5.74) is 0.780. The van der Waals surface area contributed by atoms with Gasteiger partial charge >= 0.3 is 0 Å². The van der Waals surface area contributed by atoms with Crippen molar-refractivity contribution in [1.82, 2.24) is 0 Å². The molecule has 0 saturated carbocycles. The summed E-state index contributed by atoms with van der Waals surface area (Å²) in [5.74, 6) is 0. The molecule has 60 valence electrons. The minimum absolute atomic E-state index is 0.780. The number of para-hydroxylation sites is 1. The molecular weight excluding hydrogens is 142 g/mol. The van der Waals surface area contributed by atoms with Crippen LogP contribution < -0.4 is 4.90 Å². The van der Waals surface area contributed by atoms with Crippen LogP contribution in [-0.4, -0.2) is 23.7 Å². The van der Waals surface area contributed by atoms with E-state index < -0.39 is 6.41 Å². The standard InChI is InChI=1S/C8H11NO2/c1-9(8(10)11)7-5-3-2-4-6-7/h2-6,8,10-11H,1H3. The van der Waals surface area contributed by atoms with E-state index in [4.69, 9.17) is 10.2 Å². The van der Waals surface area contributed by atoms with Crippen molar-refractivity contribution in [1.29, 1.82) is 0 Å². The van der Waals surface area contributed by atoms with E-state index in [0.717, 1.165) is 5.69 Å². The first-order valence-corrected chi connectivity index (χ1v) is 3.36. The second kappa shape index (κ2) is 3.37. The highest BCUT2D eigenvalue weighted by Crippen LogP contribution is 2.11. The van der Waals surface area contributed by atoms with Crippen molar-refractivity contribution in [2.45, 2.75) is 6.41 Å². The molecule has 0 heterocycles. The molecule has 3 nitrogen and oxygen atoms in total. The van der Waals surface area contributed by atoms with Gasteiger partial charge in [-0.15, -0.1) is 0 Å². The van der Waals surface area contributed by atoms with Gasteiger partial charge in [0.2, 0.25) is 6.41 Å². The Morgan fingerprint density at radius 3 is 2.18 bits per heavy atom. The van der Waals surface area contributed by atoms with Crippen molar-refractivity contribution in [2.75, 3.05) is 11.9 Å². The maximum absolute atomic E-state index is 8.76. The van der Waals surface area contributed by atoms with E-state index in [1.54, 1.807) is 19.2 Å². The largest absolute Gasteiger partial charge is 0.351 e. The van der Waals surface area contributed by atoms with Crippen molar-refractivity contribution < 1.29 is 10.2 Å². The fourth-order valence-electron chi connectivity index (χ4n) is 0.796. The first-order valence-electron chi connectivity index (χ1n) is 3.36. The molecule has 0 amide bonds. The van der Waals surface area contributed by atoms with Crippen LogP contribution in [0.3, 0.4) is 0 Å². The van der Waals surface area contributed by atoms with Gasteiger partial charge in [0.15, 0.2) is 0 Å². The summed E-state index contributed by atoms with van der Waals surface area (Å²) in [5, 5.41) is 17.5. The van der Waals surface area contributed by atoms with Crippen molar-refractivity contribution in [3.63, 3.8) is 0 Å². The van der Waals surface area contributed by atoms with Crippen LogP contribution >= 0.6 is 0 Å². The maximum atomic E-state index is 8.76. The predicted octanol–water partition coefficient (Wildman–Crippen LogP) is 0.391. The summed E-state index contributed by atoms with van der Waals surface area (Å²) in [4.78, 5) is 1.36. The number of hydrogen-bond donors (Lipinski definition) is 2. The van der Waals surface area contributed by atoms with Crippen molar-refractivity contribution in [3.05, 3.63) is 30.3 Å². The number of aliphatic hydroxyl groups excluding tert-OH is 1. The molecule has 0 aliphatic carbocycles. The number of anilines is 1. The number of benzene rings is 1. The Labute approximate surface area is 65.5 Å². The fraction of sp³-hybridized carbons (Fsp3) is 0.250. The van der Waals surface area contributed by atoms with Crippen molar-refractivity contribution in [3.8, 4) is 0 Å². The number of rotatable bonds is 2. The van der Waals surface area contributed by atoms with Crippen LogP contribution in [-0.2, 0) is 0 Å². The highest BCUT2D eigenvalue weighted by Gasteiger charge is 2.05. The van der Waals surface area contributed by atoms with Crippen molar-refractivity contribution >= 4 is 5.69 Å². The first kappa shape index (κ1) is 8.04. The van der Waals surface area contributed by atoms with Crippen LogP contribution in [0, 0.1) is 0 Å². The summed E-state index contributed by atoms with van der Waals surface area (Å²) in [7, 11) is 1.61. The van der Waals surface area contributed by atoms with Gasteiger partial charge in [0, 0.05) is 12.7 Å². The molecule has 0 saturated heterocycles. The highest BCUT2D eigenvalue weighted by atomic mass is 16.5. The van der Waals surface area contributed by atoms with E-state index in [1.165, 1.54) is 4.90 Å². The van der Waals surface area contributed by atoms with Gasteiger partial charge in [0.25, 0.3) is 0 Å². The summed E-state index contributed by atoms with van der Waals surface area (Å²) in [6.45, 7) is 0. The average Bonchev–Trinajstić information content (AvgIpc) is 2.05. The number of aliphatic hydroxyl groups is 2. The third-order valence-electron chi connectivity index (χ3n) is 1.51. The van der Waals surface area contributed by atoms with Crippen molar-refractivity contribution in [2.24, 2.45) is 0 Å². The van der Waals surface area contributed by atoms with E-state index >= 15 is 0 Å². The molecule has 1 rings (SSSR count). The Kier molecular flexibility index (Phi) is 2.46. The van der Waals surface area contributed by atoms with Crippen LogP contribution in [0.2, 0.25) is 0 Å². The van der Waals surface area contributed by atoms with Crippen LogP contribution in [0.4, 0.5) is 5.69 Å². The molecule has 0 bridgehead atoms. The van der Waals surface area contributed by atoms with Crippen LogP contribution in [0.1, 0.15) is 0 Å². The molecular formula is C8H11NO2. The van der Waals surface area contributed by atoms with E-state index in [0.29, 0.717) is 0 Å². The topological polar surface area (TPSA) is 43.7 Å². The monoisotopic (exact) mass is 153 g/mol. The van der Waals surface area contributed by atoms with Gasteiger partial charge in [-0.1, -0.05) is 18.2 Å². The molecule has 2 N–H and O–H groups in total. The second-order valence-corrected chi connectivity index (χ2v) is 2.29. The SMILES string of the molecule is CN(c1ccccc1)C(O)O. The van der Waals surface area contributed by atoms with E-state index in [1.807, 2.05) is 18.2 Å². The number of hydrogen-bond acceptors (Lipinski definition) is 3. The third kappa shape index (κ3) is 1.93. The third-order valence-corrected chi connectivity index (χ3v) is 1.51. The lowest BCUT2D eigenvalue weighted by molar-refractivity contribution is -0.0371. The first-order chi connectivity index (χ1) is 5.22. The number of nitrogens with zero attached hydrogens (tertiary/aromatic N) is 1.